The van der Waals surface area contributed by atoms with Gasteiger partial charge in [0.05, 0.1) is 36.6 Å². The minimum atomic E-state index is -4.77. The van der Waals surface area contributed by atoms with Crippen molar-refractivity contribution in [2.24, 2.45) is 29.6 Å². The van der Waals surface area contributed by atoms with Crippen LogP contribution in [0.5, 0.6) is 0 Å². The van der Waals surface area contributed by atoms with E-state index in [2.05, 4.69) is 16.0 Å². The molecule has 4 saturated carbocycles. The molecule has 7 rings (SSSR count). The molecule has 1 aromatic rings. The van der Waals surface area contributed by atoms with Crippen LogP contribution in [0.2, 0.25) is 5.02 Å². The molecule has 0 bridgehead atoms. The Morgan fingerprint density at radius 2 is 1.11 bits per heavy atom. The first-order chi connectivity index (χ1) is 49.6. The number of halogens is 4. The van der Waals surface area contributed by atoms with E-state index in [9.17, 15) is 41.9 Å². The van der Waals surface area contributed by atoms with E-state index in [0.29, 0.717) is 63.6 Å². The van der Waals surface area contributed by atoms with Crippen LogP contribution in [0.3, 0.4) is 0 Å². The van der Waals surface area contributed by atoms with Crippen LogP contribution in [0, 0.1) is 29.6 Å². The lowest BCUT2D eigenvalue weighted by atomic mass is 9.81. The predicted octanol–water partition coefficient (Wildman–Crippen LogP) is 7.84. The van der Waals surface area contributed by atoms with Gasteiger partial charge in [0.2, 0.25) is 70.9 Å². The number of alkyl halides is 3. The lowest BCUT2D eigenvalue weighted by Gasteiger charge is -2.44. The zero-order valence-corrected chi connectivity index (χ0v) is 65.2. The van der Waals surface area contributed by atoms with Crippen molar-refractivity contribution in [2.45, 2.75) is 261 Å². The Hall–Kier alpha value is -7.06. The molecule has 0 radical (unpaired) electrons. The highest BCUT2D eigenvalue weighted by molar-refractivity contribution is 6.31. The number of nitrogens with one attached hydrogen (secondary N) is 3. The molecular weight excluding hydrogens is 1380 g/mol. The molecule has 12 amide bonds. The Bertz CT molecular complexity index is 3220. The first kappa shape index (κ1) is 85.2. The fourth-order valence-corrected chi connectivity index (χ4v) is 17.1. The predicted molar refractivity (Wildman–Crippen MR) is 392 cm³/mol. The molecule has 4 aliphatic carbocycles. The number of carbonyl (C=O) groups is 12. The Kier molecular flexibility index (Phi) is 31.4. The monoisotopic (exact) mass is 1500 g/mol. The lowest BCUT2D eigenvalue weighted by molar-refractivity contribution is -0.157. The smallest absolute Gasteiger partial charge is 0.343 e. The largest absolute Gasteiger partial charge is 0.417 e. The van der Waals surface area contributed by atoms with Gasteiger partial charge >= 0.3 is 6.18 Å². The number of carbonyl (C=O) groups excluding carboxylic acids is 12. The van der Waals surface area contributed by atoms with E-state index in [-0.39, 0.29) is 62.7 Å². The summed E-state index contributed by atoms with van der Waals surface area (Å²) in [5.74, 6) is -8.77. The molecule has 1 spiro atoms. The number of aryl methyl sites for hydroxylation is 1. The third kappa shape index (κ3) is 22.3. The summed E-state index contributed by atoms with van der Waals surface area (Å²) in [6.45, 7) is 6.43. The molecule has 2 heterocycles. The van der Waals surface area contributed by atoms with Gasteiger partial charge in [0, 0.05) is 69.5 Å². The average molecular weight is 1500 g/mol. The number of amides is 12. The Labute approximate surface area is 625 Å². The molecule has 0 unspecified atom stereocenters. The SMILES string of the molecule is CC[C@H](C)[C@@H]1NC(=O)[C@H](CC(C)C)N(C)C(=O)C[C@@H](C(=O)N2CCCCC2)N(C)C(=O)[C@H](C2CCCCC2)N(C)C(=O)C2(CCCC2)NC(=O)[C@H](CC2CCCC2)N(C)C(=O)[C@H](CCc2ccc(C(F)(F)F)c(Cl)c2)NC(=O)CN(C)C(=O)[C@H](CC2CCCCC2)N(C)C(=O)CN(C)C(=O)CN(C)C1=O. The zero-order valence-electron chi connectivity index (χ0n) is 64.4. The van der Waals surface area contributed by atoms with E-state index < -0.39 is 173 Å². The van der Waals surface area contributed by atoms with Crippen molar-refractivity contribution in [1.82, 2.24) is 60.0 Å². The first-order valence-corrected chi connectivity index (χ1v) is 39.1. The summed E-state index contributed by atoms with van der Waals surface area (Å²) >= 11 is 6.21. The number of rotatable bonds is 13. The van der Waals surface area contributed by atoms with Crippen LogP contribution in [-0.2, 0) is 70.1 Å². The van der Waals surface area contributed by atoms with Crippen LogP contribution in [0.4, 0.5) is 13.2 Å². The first-order valence-electron chi connectivity index (χ1n) is 38.7. The Morgan fingerprint density at radius 1 is 0.571 bits per heavy atom. The fraction of sp³-hybridized carbons (Fsp3) is 0.766. The van der Waals surface area contributed by atoms with Crippen LogP contribution in [0.15, 0.2) is 18.2 Å². The average Bonchev–Trinajstić information content (AvgIpc) is 1.76. The molecule has 6 fully saturated rings. The summed E-state index contributed by atoms with van der Waals surface area (Å²) in [5, 5.41) is 8.32. The summed E-state index contributed by atoms with van der Waals surface area (Å²) in [4.78, 5) is 193. The van der Waals surface area contributed by atoms with Crippen LogP contribution in [0.25, 0.3) is 0 Å². The number of likely N-dealkylation sites (tertiary alicyclic amines) is 1. The second-order valence-electron chi connectivity index (χ2n) is 31.8. The molecule has 6 aliphatic rings. The van der Waals surface area contributed by atoms with Gasteiger partial charge in [-0.15, -0.1) is 0 Å². The maximum Gasteiger partial charge on any atom is 0.417 e. The number of piperidine rings is 1. The van der Waals surface area contributed by atoms with Gasteiger partial charge in [-0.05, 0) is 124 Å². The van der Waals surface area contributed by atoms with E-state index in [1.54, 1.807) is 11.8 Å². The highest BCUT2D eigenvalue weighted by Crippen LogP contribution is 2.39. The van der Waals surface area contributed by atoms with Crippen LogP contribution < -0.4 is 16.0 Å². The van der Waals surface area contributed by atoms with Crippen LogP contribution >= 0.6 is 11.6 Å². The topological polar surface area (TPSA) is 270 Å². The molecule has 588 valence electrons. The highest BCUT2D eigenvalue weighted by atomic mass is 35.5. The summed E-state index contributed by atoms with van der Waals surface area (Å²) in [6, 6.07) is -5.63. The molecule has 24 nitrogen and oxygen atoms in total. The molecule has 2 aliphatic heterocycles. The third-order valence-electron chi connectivity index (χ3n) is 23.7. The van der Waals surface area contributed by atoms with Gasteiger partial charge in [0.1, 0.15) is 47.8 Å². The molecule has 3 N–H and O–H groups in total. The van der Waals surface area contributed by atoms with E-state index >= 15 is 28.8 Å². The lowest BCUT2D eigenvalue weighted by Crippen LogP contribution is -2.65. The van der Waals surface area contributed by atoms with E-state index in [4.69, 9.17) is 11.6 Å². The van der Waals surface area contributed by atoms with E-state index in [0.717, 1.165) is 110 Å². The number of hydrogen-bond acceptors (Lipinski definition) is 12. The van der Waals surface area contributed by atoms with Gasteiger partial charge < -0.3 is 60.0 Å². The second-order valence-corrected chi connectivity index (χ2v) is 32.2. The fourth-order valence-electron chi connectivity index (χ4n) is 16.7. The van der Waals surface area contributed by atoms with Gasteiger partial charge in [-0.3, -0.25) is 57.5 Å². The maximum atomic E-state index is 16.0. The van der Waals surface area contributed by atoms with E-state index in [1.807, 2.05) is 20.8 Å². The maximum absolute atomic E-state index is 16.0. The zero-order chi connectivity index (χ0) is 77.4. The number of hydrogen-bond donors (Lipinski definition) is 3. The summed E-state index contributed by atoms with van der Waals surface area (Å²) in [7, 11) is 11.5. The van der Waals surface area contributed by atoms with Crippen molar-refractivity contribution in [3.8, 4) is 0 Å². The summed E-state index contributed by atoms with van der Waals surface area (Å²) in [5.41, 5.74) is -2.36. The normalized spacial score (nSPS) is 26.7. The van der Waals surface area contributed by atoms with Crippen molar-refractivity contribution >= 4 is 82.5 Å². The van der Waals surface area contributed by atoms with Crippen molar-refractivity contribution in [3.63, 3.8) is 0 Å². The molecule has 28 heteroatoms. The molecule has 0 aromatic heterocycles. The summed E-state index contributed by atoms with van der Waals surface area (Å²) in [6.07, 6.45) is 9.91. The van der Waals surface area contributed by atoms with Crippen molar-refractivity contribution < 1.29 is 70.7 Å². The molecule has 8 atom stereocenters. The van der Waals surface area contributed by atoms with Gasteiger partial charge in [0.25, 0.3) is 0 Å². The van der Waals surface area contributed by atoms with Gasteiger partial charge in [-0.1, -0.05) is 142 Å². The Morgan fingerprint density at radius 3 is 1.69 bits per heavy atom. The molecule has 1 aromatic carbocycles. The Balaban J connectivity index is 1.32. The van der Waals surface area contributed by atoms with Gasteiger partial charge in [-0.2, -0.15) is 13.2 Å². The van der Waals surface area contributed by atoms with Crippen LogP contribution in [-0.4, -0.2) is 252 Å². The number of likely N-dealkylation sites (N-methyl/N-ethyl adjacent to an activating group) is 8. The highest BCUT2D eigenvalue weighted by Gasteiger charge is 2.51. The van der Waals surface area contributed by atoms with Gasteiger partial charge in [0.15, 0.2) is 0 Å². The summed E-state index contributed by atoms with van der Waals surface area (Å²) < 4.78 is 42.0. The van der Waals surface area contributed by atoms with Crippen LogP contribution in [0.1, 0.15) is 212 Å². The standard InChI is InChI=1S/C77H120ClF3N12O12/c1-13-50(4)66-73(103)87(7)47-64(96)85(5)48-65(97)89(9)60(44-52-27-17-14-18-28-52)71(101)86(6)46-62(94)82-57(36-34-53-33-35-55(56(78)42-53)77(79,80)81)70(100)90(10)59(43-51-29-21-22-30-51)69(99)84-76(37-23-24-38-76)75(105)92(12)67(54-31-19-15-20-32-54)74(104)91(11)61(72(102)93-39-25-16-26-40-93)45-63(95)88(8)58(41-49(2)3)68(98)83-66/h33,35,42,49-52,54,57-61,66-67H,13-32,34,36-41,43-48H2,1-12H3,(H,82,94)(H,83,98)(H,84,99)/t50-,57-,58-,59-,60-,61-,66-,67-/m0/s1. The van der Waals surface area contributed by atoms with Gasteiger partial charge in [-0.25, -0.2) is 0 Å². The van der Waals surface area contributed by atoms with Crippen molar-refractivity contribution in [2.75, 3.05) is 89.1 Å². The molecule has 2 saturated heterocycles. The van der Waals surface area contributed by atoms with Crippen molar-refractivity contribution in [3.05, 3.63) is 34.3 Å². The minimum absolute atomic E-state index is 0.0146. The number of benzene rings is 1. The van der Waals surface area contributed by atoms with E-state index in [1.165, 1.54) is 86.9 Å². The second kappa shape index (κ2) is 38.7. The third-order valence-corrected chi connectivity index (χ3v) is 24.0. The molecule has 105 heavy (non-hydrogen) atoms. The minimum Gasteiger partial charge on any atom is -0.343 e. The quantitative estimate of drug-likeness (QED) is 0.170. The molecular formula is C77H120ClF3N12O12. The van der Waals surface area contributed by atoms with Crippen molar-refractivity contribution in [1.29, 1.82) is 0 Å². The number of nitrogens with zero attached hydrogens (tertiary/aromatic N) is 9.